The molecule has 0 aliphatic carbocycles. The maximum absolute atomic E-state index is 13.6. The first kappa shape index (κ1) is 12.9. The first-order valence-electron chi connectivity index (χ1n) is 5.19. The molecule has 0 saturated heterocycles. The maximum Gasteiger partial charge on any atom is 0.360 e. The van der Waals surface area contributed by atoms with Crippen molar-refractivity contribution in [2.75, 3.05) is 12.8 Å². The van der Waals surface area contributed by atoms with Gasteiger partial charge in [-0.05, 0) is 18.2 Å². The standard InChI is InChI=1S/C12H9F2N3O2/c1-19-12(18)10-11(15)16-5-9(17-10)7-4-6(13)2-3-8(7)14/h2-5H,1H3,(H2,15,16). The number of anilines is 1. The van der Waals surface area contributed by atoms with Gasteiger partial charge in [0.05, 0.1) is 19.0 Å². The summed E-state index contributed by atoms with van der Waals surface area (Å²) in [6.45, 7) is 0. The second kappa shape index (κ2) is 4.97. The van der Waals surface area contributed by atoms with Crippen LogP contribution in [0.4, 0.5) is 14.6 Å². The predicted octanol–water partition coefficient (Wildman–Crippen LogP) is 1.79. The van der Waals surface area contributed by atoms with Crippen LogP contribution in [0.1, 0.15) is 10.5 Å². The Hall–Kier alpha value is -2.57. The molecular weight excluding hydrogens is 256 g/mol. The molecule has 0 aliphatic rings. The largest absolute Gasteiger partial charge is 0.464 e. The number of rotatable bonds is 2. The second-order valence-corrected chi connectivity index (χ2v) is 3.60. The summed E-state index contributed by atoms with van der Waals surface area (Å²) in [4.78, 5) is 19.0. The van der Waals surface area contributed by atoms with Crippen LogP contribution < -0.4 is 5.73 Å². The Bertz CT molecular complexity index is 647. The van der Waals surface area contributed by atoms with Crippen molar-refractivity contribution in [2.45, 2.75) is 0 Å². The number of aromatic nitrogens is 2. The summed E-state index contributed by atoms with van der Waals surface area (Å²) in [6.07, 6.45) is 1.15. The number of carbonyl (C=O) groups excluding carboxylic acids is 1. The lowest BCUT2D eigenvalue weighted by Gasteiger charge is -2.06. The number of carbonyl (C=O) groups is 1. The Balaban J connectivity index is 2.57. The van der Waals surface area contributed by atoms with Gasteiger partial charge in [-0.1, -0.05) is 0 Å². The van der Waals surface area contributed by atoms with E-state index in [1.807, 2.05) is 0 Å². The Kier molecular flexibility index (Phi) is 3.37. The minimum absolute atomic E-state index is 0.00778. The number of hydrogen-bond acceptors (Lipinski definition) is 5. The molecule has 1 aromatic heterocycles. The molecule has 0 fully saturated rings. The molecule has 2 aromatic rings. The number of nitrogens with zero attached hydrogens (tertiary/aromatic N) is 2. The number of halogens is 2. The summed E-state index contributed by atoms with van der Waals surface area (Å²) in [5.74, 6) is -2.26. The lowest BCUT2D eigenvalue weighted by atomic mass is 10.1. The smallest absolute Gasteiger partial charge is 0.360 e. The second-order valence-electron chi connectivity index (χ2n) is 3.60. The average molecular weight is 265 g/mol. The number of nitrogens with two attached hydrogens (primary N) is 1. The minimum atomic E-state index is -0.802. The summed E-state index contributed by atoms with van der Waals surface area (Å²) >= 11 is 0. The highest BCUT2D eigenvalue weighted by molar-refractivity contribution is 5.92. The molecule has 2 N–H and O–H groups in total. The third-order valence-electron chi connectivity index (χ3n) is 2.38. The molecule has 0 aliphatic heterocycles. The van der Waals surface area contributed by atoms with Gasteiger partial charge in [0, 0.05) is 5.56 Å². The average Bonchev–Trinajstić information content (AvgIpc) is 2.41. The number of esters is 1. The van der Waals surface area contributed by atoms with Gasteiger partial charge in [0.1, 0.15) is 11.6 Å². The highest BCUT2D eigenvalue weighted by atomic mass is 19.1. The first-order chi connectivity index (χ1) is 9.02. The van der Waals surface area contributed by atoms with Gasteiger partial charge in [-0.15, -0.1) is 0 Å². The van der Waals surface area contributed by atoms with Crippen LogP contribution in [0.2, 0.25) is 0 Å². The molecule has 1 heterocycles. The van der Waals surface area contributed by atoms with Crippen LogP contribution in [0.3, 0.4) is 0 Å². The van der Waals surface area contributed by atoms with Crippen molar-refractivity contribution in [3.8, 4) is 11.3 Å². The van der Waals surface area contributed by atoms with Crippen molar-refractivity contribution in [3.05, 3.63) is 41.7 Å². The van der Waals surface area contributed by atoms with Crippen molar-refractivity contribution in [1.29, 1.82) is 0 Å². The van der Waals surface area contributed by atoms with Crippen LogP contribution in [0.5, 0.6) is 0 Å². The van der Waals surface area contributed by atoms with Gasteiger partial charge in [0.15, 0.2) is 11.5 Å². The van der Waals surface area contributed by atoms with Gasteiger partial charge in [-0.25, -0.2) is 23.5 Å². The van der Waals surface area contributed by atoms with Crippen molar-refractivity contribution < 1.29 is 18.3 Å². The van der Waals surface area contributed by atoms with Crippen molar-refractivity contribution >= 4 is 11.8 Å². The quantitative estimate of drug-likeness (QED) is 0.837. The predicted molar refractivity (Wildman–Crippen MR) is 63.1 cm³/mol. The number of nitrogen functional groups attached to an aromatic ring is 1. The van der Waals surface area contributed by atoms with E-state index >= 15 is 0 Å². The SMILES string of the molecule is COC(=O)c1nc(-c2cc(F)ccc2F)cnc1N. The Labute approximate surface area is 107 Å². The van der Waals surface area contributed by atoms with Crippen LogP contribution in [0.25, 0.3) is 11.3 Å². The molecule has 0 unspecified atom stereocenters. The number of ether oxygens (including phenoxy) is 1. The van der Waals surface area contributed by atoms with Gasteiger partial charge in [-0.3, -0.25) is 0 Å². The molecule has 0 spiro atoms. The molecule has 5 nitrogen and oxygen atoms in total. The Morgan fingerprint density at radius 2 is 2.11 bits per heavy atom. The van der Waals surface area contributed by atoms with E-state index in [1.165, 1.54) is 0 Å². The van der Waals surface area contributed by atoms with Gasteiger partial charge < -0.3 is 10.5 Å². The number of benzene rings is 1. The van der Waals surface area contributed by atoms with Crippen molar-refractivity contribution in [3.63, 3.8) is 0 Å². The van der Waals surface area contributed by atoms with Crippen LogP contribution in [-0.4, -0.2) is 23.0 Å². The molecule has 19 heavy (non-hydrogen) atoms. The summed E-state index contributed by atoms with van der Waals surface area (Å²) in [5, 5.41) is 0. The molecule has 7 heteroatoms. The van der Waals surface area contributed by atoms with Crippen LogP contribution in [0.15, 0.2) is 24.4 Å². The van der Waals surface area contributed by atoms with E-state index in [4.69, 9.17) is 5.73 Å². The van der Waals surface area contributed by atoms with E-state index in [-0.39, 0.29) is 22.8 Å². The summed E-state index contributed by atoms with van der Waals surface area (Å²) in [7, 11) is 1.15. The molecule has 2 rings (SSSR count). The lowest BCUT2D eigenvalue weighted by molar-refractivity contribution is 0.0595. The highest BCUT2D eigenvalue weighted by Gasteiger charge is 2.16. The van der Waals surface area contributed by atoms with E-state index in [9.17, 15) is 13.6 Å². The van der Waals surface area contributed by atoms with E-state index < -0.39 is 17.6 Å². The fourth-order valence-corrected chi connectivity index (χ4v) is 1.47. The molecule has 0 saturated carbocycles. The summed E-state index contributed by atoms with van der Waals surface area (Å²) < 4.78 is 31.2. The fourth-order valence-electron chi connectivity index (χ4n) is 1.47. The van der Waals surface area contributed by atoms with Crippen molar-refractivity contribution in [1.82, 2.24) is 9.97 Å². The fraction of sp³-hybridized carbons (Fsp3) is 0.0833. The minimum Gasteiger partial charge on any atom is -0.464 e. The van der Waals surface area contributed by atoms with Gasteiger partial charge >= 0.3 is 5.97 Å². The zero-order chi connectivity index (χ0) is 14.0. The first-order valence-corrected chi connectivity index (χ1v) is 5.19. The van der Waals surface area contributed by atoms with E-state index in [2.05, 4.69) is 14.7 Å². The van der Waals surface area contributed by atoms with E-state index in [0.717, 1.165) is 31.5 Å². The van der Waals surface area contributed by atoms with E-state index in [0.29, 0.717) is 0 Å². The number of hydrogen-bond donors (Lipinski definition) is 1. The number of methoxy groups -OCH3 is 1. The summed E-state index contributed by atoms with van der Waals surface area (Å²) in [5.41, 5.74) is 5.10. The lowest BCUT2D eigenvalue weighted by Crippen LogP contribution is -2.10. The summed E-state index contributed by atoms with van der Waals surface area (Å²) in [6, 6.07) is 2.89. The van der Waals surface area contributed by atoms with Gasteiger partial charge in [0.2, 0.25) is 0 Å². The van der Waals surface area contributed by atoms with Crippen molar-refractivity contribution in [2.24, 2.45) is 0 Å². The highest BCUT2D eigenvalue weighted by Crippen LogP contribution is 2.22. The zero-order valence-corrected chi connectivity index (χ0v) is 9.85. The van der Waals surface area contributed by atoms with Crippen LogP contribution in [0, 0.1) is 11.6 Å². The van der Waals surface area contributed by atoms with E-state index in [1.54, 1.807) is 0 Å². The molecule has 1 aromatic carbocycles. The molecule has 0 atom stereocenters. The maximum atomic E-state index is 13.6. The Morgan fingerprint density at radius 3 is 2.79 bits per heavy atom. The third kappa shape index (κ3) is 2.49. The Morgan fingerprint density at radius 1 is 1.37 bits per heavy atom. The molecular formula is C12H9F2N3O2. The third-order valence-corrected chi connectivity index (χ3v) is 2.38. The zero-order valence-electron chi connectivity index (χ0n) is 9.85. The topological polar surface area (TPSA) is 78.1 Å². The van der Waals surface area contributed by atoms with Gasteiger partial charge in [-0.2, -0.15) is 0 Å². The van der Waals surface area contributed by atoms with Crippen LogP contribution in [-0.2, 0) is 4.74 Å². The molecule has 0 radical (unpaired) electrons. The molecule has 98 valence electrons. The molecule has 0 bridgehead atoms. The monoisotopic (exact) mass is 265 g/mol. The van der Waals surface area contributed by atoms with Gasteiger partial charge in [0.25, 0.3) is 0 Å². The van der Waals surface area contributed by atoms with Crippen LogP contribution >= 0.6 is 0 Å². The normalized spacial score (nSPS) is 10.3. The molecule has 0 amide bonds.